The van der Waals surface area contributed by atoms with E-state index >= 15 is 0 Å². The number of hydrogen-bond acceptors (Lipinski definition) is 5. The zero-order valence-electron chi connectivity index (χ0n) is 11.6. The predicted octanol–water partition coefficient (Wildman–Crippen LogP) is 2.82. The highest BCUT2D eigenvalue weighted by Gasteiger charge is 2.15. The van der Waals surface area contributed by atoms with E-state index in [9.17, 15) is 18.5 Å². The van der Waals surface area contributed by atoms with Gasteiger partial charge < -0.3 is 0 Å². The molecule has 0 saturated heterocycles. The molecule has 0 radical (unpaired) electrons. The lowest BCUT2D eigenvalue weighted by molar-refractivity contribution is -0.384. The maximum absolute atomic E-state index is 12.1. The van der Waals surface area contributed by atoms with Gasteiger partial charge in [0, 0.05) is 24.9 Å². The molecule has 0 amide bonds. The van der Waals surface area contributed by atoms with E-state index in [1.165, 1.54) is 18.2 Å². The number of halogens is 2. The molecule has 1 N–H and O–H groups in total. The Morgan fingerprint density at radius 1 is 1.22 bits per heavy atom. The minimum absolute atomic E-state index is 0.0174. The van der Waals surface area contributed by atoms with Crippen LogP contribution in [-0.4, -0.2) is 24.9 Å². The van der Waals surface area contributed by atoms with Gasteiger partial charge in [-0.05, 0) is 18.1 Å². The first kappa shape index (κ1) is 17.6. The average Bonchev–Trinajstić information content (AvgIpc) is 2.50. The molecule has 0 aliphatic carbocycles. The van der Waals surface area contributed by atoms with Crippen molar-refractivity contribution in [2.24, 2.45) is 0 Å². The standard InChI is InChI=1S/C13H11Cl2N3O4S/c14-12-7-11(8-16-13(12)15)23(21,22)17-6-5-9-1-3-10(4-2-9)18(19)20/h1-4,7-8,17H,5-6H2. The fourth-order valence-corrected chi connectivity index (χ4v) is 3.08. The van der Waals surface area contributed by atoms with Crippen LogP contribution in [0.15, 0.2) is 41.4 Å². The summed E-state index contributed by atoms with van der Waals surface area (Å²) < 4.78 is 26.6. The van der Waals surface area contributed by atoms with E-state index in [0.717, 1.165) is 11.8 Å². The molecule has 23 heavy (non-hydrogen) atoms. The molecular weight excluding hydrogens is 365 g/mol. The summed E-state index contributed by atoms with van der Waals surface area (Å²) in [6, 6.07) is 7.10. The minimum atomic E-state index is -3.76. The Hall–Kier alpha value is -1.74. The largest absolute Gasteiger partial charge is 0.269 e. The van der Waals surface area contributed by atoms with Crippen LogP contribution in [0, 0.1) is 10.1 Å². The van der Waals surface area contributed by atoms with Crippen molar-refractivity contribution in [1.82, 2.24) is 9.71 Å². The van der Waals surface area contributed by atoms with Crippen molar-refractivity contribution in [2.45, 2.75) is 11.3 Å². The van der Waals surface area contributed by atoms with Crippen molar-refractivity contribution in [3.63, 3.8) is 0 Å². The van der Waals surface area contributed by atoms with Gasteiger partial charge in [0.15, 0.2) is 0 Å². The van der Waals surface area contributed by atoms with Gasteiger partial charge in [0.05, 0.1) is 9.95 Å². The lowest BCUT2D eigenvalue weighted by Gasteiger charge is -2.07. The topological polar surface area (TPSA) is 102 Å². The van der Waals surface area contributed by atoms with Crippen LogP contribution in [0.2, 0.25) is 10.2 Å². The molecule has 1 heterocycles. The van der Waals surface area contributed by atoms with Crippen LogP contribution in [0.4, 0.5) is 5.69 Å². The van der Waals surface area contributed by atoms with Gasteiger partial charge in [0.2, 0.25) is 10.0 Å². The fraction of sp³-hybridized carbons (Fsp3) is 0.154. The van der Waals surface area contributed by atoms with Gasteiger partial charge in [0.1, 0.15) is 10.0 Å². The van der Waals surface area contributed by atoms with E-state index in [0.29, 0.717) is 6.42 Å². The number of benzene rings is 1. The van der Waals surface area contributed by atoms with Crippen molar-refractivity contribution in [2.75, 3.05) is 6.54 Å². The van der Waals surface area contributed by atoms with Gasteiger partial charge in [-0.15, -0.1) is 0 Å². The highest BCUT2D eigenvalue weighted by Crippen LogP contribution is 2.22. The molecular formula is C13H11Cl2N3O4S. The van der Waals surface area contributed by atoms with E-state index < -0.39 is 14.9 Å². The lowest BCUT2D eigenvalue weighted by atomic mass is 10.1. The van der Waals surface area contributed by atoms with E-state index in [4.69, 9.17) is 23.2 Å². The van der Waals surface area contributed by atoms with E-state index in [1.807, 2.05) is 0 Å². The summed E-state index contributed by atoms with van der Waals surface area (Å²) in [5.74, 6) is 0. The van der Waals surface area contributed by atoms with Crippen molar-refractivity contribution in [3.8, 4) is 0 Å². The van der Waals surface area contributed by atoms with Crippen LogP contribution in [0.1, 0.15) is 5.56 Å². The second kappa shape index (κ2) is 7.22. The van der Waals surface area contributed by atoms with Gasteiger partial charge in [-0.2, -0.15) is 0 Å². The molecule has 0 spiro atoms. The summed E-state index contributed by atoms with van der Waals surface area (Å²) >= 11 is 11.4. The number of pyridine rings is 1. The molecule has 0 unspecified atom stereocenters. The summed E-state index contributed by atoms with van der Waals surface area (Å²) in [6.45, 7) is 0.125. The van der Waals surface area contributed by atoms with Gasteiger partial charge >= 0.3 is 0 Å². The Balaban J connectivity index is 1.99. The second-order valence-corrected chi connectivity index (χ2v) is 7.05. The van der Waals surface area contributed by atoms with E-state index in [-0.39, 0.29) is 27.3 Å². The van der Waals surface area contributed by atoms with E-state index in [2.05, 4.69) is 9.71 Å². The molecule has 122 valence electrons. The number of nitro groups is 1. The van der Waals surface area contributed by atoms with Crippen LogP contribution in [0.5, 0.6) is 0 Å². The number of non-ortho nitro benzene ring substituents is 1. The predicted molar refractivity (Wildman–Crippen MR) is 86.2 cm³/mol. The number of nitrogens with one attached hydrogen (secondary N) is 1. The number of nitrogens with zero attached hydrogens (tertiary/aromatic N) is 2. The summed E-state index contributed by atoms with van der Waals surface area (Å²) in [5, 5.41) is 10.6. The molecule has 7 nitrogen and oxygen atoms in total. The normalized spacial score (nSPS) is 11.4. The van der Waals surface area contributed by atoms with Crippen LogP contribution in [0.25, 0.3) is 0 Å². The molecule has 0 saturated carbocycles. The number of sulfonamides is 1. The molecule has 2 aromatic rings. The minimum Gasteiger partial charge on any atom is -0.258 e. The molecule has 0 bridgehead atoms. The Morgan fingerprint density at radius 3 is 2.43 bits per heavy atom. The Labute approximate surface area is 142 Å². The van der Waals surface area contributed by atoms with Crippen molar-refractivity contribution in [1.29, 1.82) is 0 Å². The first-order valence-corrected chi connectivity index (χ1v) is 8.57. The average molecular weight is 376 g/mol. The molecule has 0 aliphatic rings. The van der Waals surface area contributed by atoms with Crippen molar-refractivity contribution < 1.29 is 13.3 Å². The van der Waals surface area contributed by atoms with Crippen LogP contribution in [-0.2, 0) is 16.4 Å². The highest BCUT2D eigenvalue weighted by atomic mass is 35.5. The molecule has 10 heteroatoms. The summed E-state index contributed by atoms with van der Waals surface area (Å²) in [4.78, 5) is 13.7. The number of rotatable bonds is 6. The quantitative estimate of drug-likeness (QED) is 0.475. The summed E-state index contributed by atoms with van der Waals surface area (Å²) in [7, 11) is -3.76. The number of hydrogen-bond donors (Lipinski definition) is 1. The molecule has 2 rings (SSSR count). The third-order valence-electron chi connectivity index (χ3n) is 2.93. The lowest BCUT2D eigenvalue weighted by Crippen LogP contribution is -2.26. The first-order valence-electron chi connectivity index (χ1n) is 6.33. The summed E-state index contributed by atoms with van der Waals surface area (Å²) in [5.41, 5.74) is 0.752. The molecule has 0 aliphatic heterocycles. The maximum atomic E-state index is 12.1. The van der Waals surface area contributed by atoms with Crippen LogP contribution < -0.4 is 4.72 Å². The molecule has 0 atom stereocenters. The SMILES string of the molecule is O=[N+]([O-])c1ccc(CCNS(=O)(=O)c2cnc(Cl)c(Cl)c2)cc1. The Bertz CT molecular complexity index is 826. The van der Waals surface area contributed by atoms with Gasteiger partial charge in [-0.25, -0.2) is 18.1 Å². The van der Waals surface area contributed by atoms with E-state index in [1.54, 1.807) is 12.1 Å². The zero-order valence-corrected chi connectivity index (χ0v) is 13.9. The molecule has 1 aromatic carbocycles. The van der Waals surface area contributed by atoms with Crippen LogP contribution in [0.3, 0.4) is 0 Å². The zero-order chi connectivity index (χ0) is 17.0. The third kappa shape index (κ3) is 4.61. The number of nitro benzene ring substituents is 1. The van der Waals surface area contributed by atoms with Crippen LogP contribution >= 0.6 is 23.2 Å². The maximum Gasteiger partial charge on any atom is 0.269 e. The second-order valence-electron chi connectivity index (χ2n) is 4.51. The monoisotopic (exact) mass is 375 g/mol. The smallest absolute Gasteiger partial charge is 0.258 e. The highest BCUT2D eigenvalue weighted by molar-refractivity contribution is 7.89. The van der Waals surface area contributed by atoms with Crippen molar-refractivity contribution in [3.05, 3.63) is 62.4 Å². The Morgan fingerprint density at radius 2 is 1.87 bits per heavy atom. The molecule has 1 aromatic heterocycles. The van der Waals surface area contributed by atoms with Gasteiger partial charge in [-0.3, -0.25) is 10.1 Å². The molecule has 0 fully saturated rings. The third-order valence-corrected chi connectivity index (χ3v) is 5.05. The number of aromatic nitrogens is 1. The fourth-order valence-electron chi connectivity index (χ4n) is 1.75. The van der Waals surface area contributed by atoms with Gasteiger partial charge in [-0.1, -0.05) is 35.3 Å². The van der Waals surface area contributed by atoms with Crippen molar-refractivity contribution >= 4 is 38.9 Å². The first-order chi connectivity index (χ1) is 10.8. The Kier molecular flexibility index (Phi) is 5.53. The van der Waals surface area contributed by atoms with Gasteiger partial charge in [0.25, 0.3) is 5.69 Å². The summed E-state index contributed by atoms with van der Waals surface area (Å²) in [6.07, 6.45) is 1.49.